The monoisotopic (exact) mass is 276 g/mol. The molecule has 0 radical (unpaired) electrons. The molecule has 6 heteroatoms. The molecule has 98 valence electrons. The lowest BCUT2D eigenvalue weighted by Gasteiger charge is -2.05. The molecule has 19 heavy (non-hydrogen) atoms. The topological polar surface area (TPSA) is 60.8 Å². The lowest BCUT2D eigenvalue weighted by molar-refractivity contribution is 0.303. The number of thiazole rings is 1. The van der Waals surface area contributed by atoms with Crippen molar-refractivity contribution in [2.24, 2.45) is 4.99 Å². The first kappa shape index (κ1) is 13.3. The fraction of sp³-hybridized carbons (Fsp3) is 0.231. The summed E-state index contributed by atoms with van der Waals surface area (Å²) in [6, 6.07) is 7.38. The molecule has 0 aliphatic carbocycles. The molecule has 0 bridgehead atoms. The van der Waals surface area contributed by atoms with Gasteiger partial charge in [0.1, 0.15) is 23.1 Å². The maximum atomic E-state index is 10.0. The highest BCUT2D eigenvalue weighted by molar-refractivity contribution is 7.09. The van der Waals surface area contributed by atoms with Crippen LogP contribution in [0.5, 0.6) is 11.5 Å². The summed E-state index contributed by atoms with van der Waals surface area (Å²) in [5.41, 5.74) is 0.748. The summed E-state index contributed by atoms with van der Waals surface area (Å²) in [5, 5.41) is 2.68. The number of nitrogens with zero attached hydrogens (tertiary/aromatic N) is 2. The molecule has 1 aromatic carbocycles. The van der Waals surface area contributed by atoms with Crippen molar-refractivity contribution < 1.29 is 14.3 Å². The van der Waals surface area contributed by atoms with Crippen molar-refractivity contribution in [2.75, 3.05) is 7.11 Å². The Morgan fingerprint density at radius 1 is 1.42 bits per heavy atom. The Morgan fingerprint density at radius 2 is 2.26 bits per heavy atom. The normalized spacial score (nSPS) is 9.74. The SMILES string of the molecule is COc1cccc(OCc2nc(CN=C=O)cs2)c1. The maximum Gasteiger partial charge on any atom is 0.235 e. The molecule has 0 aliphatic heterocycles. The van der Waals surface area contributed by atoms with Gasteiger partial charge in [0.2, 0.25) is 6.08 Å². The molecular formula is C13H12N2O3S. The van der Waals surface area contributed by atoms with Gasteiger partial charge in [-0.15, -0.1) is 11.3 Å². The summed E-state index contributed by atoms with van der Waals surface area (Å²) >= 11 is 1.47. The van der Waals surface area contributed by atoms with E-state index in [0.29, 0.717) is 6.61 Å². The summed E-state index contributed by atoms with van der Waals surface area (Å²) in [4.78, 5) is 17.8. The average molecular weight is 276 g/mol. The molecule has 2 aromatic rings. The maximum absolute atomic E-state index is 10.0. The Morgan fingerprint density at radius 3 is 3.05 bits per heavy atom. The number of benzene rings is 1. The molecule has 0 aliphatic rings. The summed E-state index contributed by atoms with van der Waals surface area (Å²) in [6.07, 6.45) is 1.49. The van der Waals surface area contributed by atoms with E-state index in [2.05, 4.69) is 9.98 Å². The third-order valence-electron chi connectivity index (χ3n) is 2.31. The second kappa shape index (κ2) is 6.68. The number of methoxy groups -OCH3 is 1. The van der Waals surface area contributed by atoms with Crippen LogP contribution in [0.3, 0.4) is 0 Å². The highest BCUT2D eigenvalue weighted by Gasteiger charge is 2.03. The zero-order valence-corrected chi connectivity index (χ0v) is 11.1. The third-order valence-corrected chi connectivity index (χ3v) is 3.18. The van der Waals surface area contributed by atoms with Crippen molar-refractivity contribution in [3.05, 3.63) is 40.3 Å². The fourth-order valence-electron chi connectivity index (χ4n) is 1.44. The van der Waals surface area contributed by atoms with E-state index in [1.54, 1.807) is 7.11 Å². The first-order valence-corrected chi connectivity index (χ1v) is 6.43. The standard InChI is InChI=1S/C13H12N2O3S/c1-17-11-3-2-4-12(5-11)18-7-13-15-10(8-19-13)6-14-9-16/h2-5,8H,6-7H2,1H3. The van der Waals surface area contributed by atoms with Crippen molar-refractivity contribution in [3.63, 3.8) is 0 Å². The summed E-state index contributed by atoms with van der Waals surface area (Å²) in [7, 11) is 1.61. The number of rotatable bonds is 6. The molecule has 2 rings (SSSR count). The van der Waals surface area contributed by atoms with Crippen LogP contribution in [-0.2, 0) is 17.9 Å². The fourth-order valence-corrected chi connectivity index (χ4v) is 2.13. The van der Waals surface area contributed by atoms with Crippen LogP contribution in [0, 0.1) is 0 Å². The number of aliphatic imine (C=N–C) groups is 1. The van der Waals surface area contributed by atoms with Gasteiger partial charge in [-0.1, -0.05) is 6.07 Å². The van der Waals surface area contributed by atoms with Crippen LogP contribution in [0.25, 0.3) is 0 Å². The van der Waals surface area contributed by atoms with Crippen LogP contribution in [0.15, 0.2) is 34.6 Å². The van der Waals surface area contributed by atoms with E-state index in [-0.39, 0.29) is 6.54 Å². The highest BCUT2D eigenvalue weighted by Crippen LogP contribution is 2.20. The number of isocyanates is 1. The number of ether oxygens (including phenoxy) is 2. The Hall–Kier alpha value is -2.17. The largest absolute Gasteiger partial charge is 0.497 e. The van der Waals surface area contributed by atoms with Crippen LogP contribution < -0.4 is 9.47 Å². The molecular weight excluding hydrogens is 264 g/mol. The molecule has 1 heterocycles. The molecule has 0 saturated carbocycles. The molecule has 1 aromatic heterocycles. The van der Waals surface area contributed by atoms with Gasteiger partial charge in [-0.25, -0.2) is 9.78 Å². The quantitative estimate of drug-likeness (QED) is 0.601. The van der Waals surface area contributed by atoms with E-state index in [1.807, 2.05) is 29.6 Å². The van der Waals surface area contributed by atoms with Crippen LogP contribution in [0.4, 0.5) is 0 Å². The first-order valence-electron chi connectivity index (χ1n) is 5.55. The third kappa shape index (κ3) is 3.91. The van der Waals surface area contributed by atoms with E-state index in [1.165, 1.54) is 17.4 Å². The molecule has 0 fully saturated rings. The molecule has 0 N–H and O–H groups in total. The zero-order chi connectivity index (χ0) is 13.5. The van der Waals surface area contributed by atoms with E-state index in [4.69, 9.17) is 9.47 Å². The molecule has 0 amide bonds. The Labute approximate surface area is 114 Å². The van der Waals surface area contributed by atoms with Gasteiger partial charge in [0.05, 0.1) is 19.3 Å². The van der Waals surface area contributed by atoms with Gasteiger partial charge in [-0.05, 0) is 12.1 Å². The summed E-state index contributed by atoms with van der Waals surface area (Å²) in [5.74, 6) is 1.47. The second-order valence-electron chi connectivity index (χ2n) is 3.61. The number of aromatic nitrogens is 1. The van der Waals surface area contributed by atoms with Gasteiger partial charge >= 0.3 is 0 Å². The van der Waals surface area contributed by atoms with Crippen molar-refractivity contribution in [1.29, 1.82) is 0 Å². The predicted molar refractivity (Wildman–Crippen MR) is 71.3 cm³/mol. The minimum Gasteiger partial charge on any atom is -0.497 e. The molecule has 5 nitrogen and oxygen atoms in total. The van der Waals surface area contributed by atoms with E-state index < -0.39 is 0 Å². The number of hydrogen-bond acceptors (Lipinski definition) is 6. The van der Waals surface area contributed by atoms with E-state index in [0.717, 1.165) is 22.2 Å². The zero-order valence-electron chi connectivity index (χ0n) is 10.3. The number of hydrogen-bond donors (Lipinski definition) is 0. The summed E-state index contributed by atoms with van der Waals surface area (Å²) in [6.45, 7) is 0.641. The Bertz CT molecular complexity index is 591. The second-order valence-corrected chi connectivity index (χ2v) is 4.55. The minimum absolute atomic E-state index is 0.263. The van der Waals surface area contributed by atoms with Gasteiger partial charge in [0.25, 0.3) is 0 Å². The van der Waals surface area contributed by atoms with Crippen LogP contribution in [0.1, 0.15) is 10.7 Å². The van der Waals surface area contributed by atoms with E-state index >= 15 is 0 Å². The minimum atomic E-state index is 0.263. The van der Waals surface area contributed by atoms with Crippen molar-refractivity contribution >= 4 is 17.4 Å². The summed E-state index contributed by atoms with van der Waals surface area (Å²) < 4.78 is 10.7. The lowest BCUT2D eigenvalue weighted by Crippen LogP contribution is -1.95. The molecule has 0 spiro atoms. The Kier molecular flexibility index (Phi) is 4.66. The van der Waals surface area contributed by atoms with Crippen LogP contribution >= 0.6 is 11.3 Å². The average Bonchev–Trinajstić information content (AvgIpc) is 2.91. The van der Waals surface area contributed by atoms with Crippen molar-refractivity contribution in [1.82, 2.24) is 4.98 Å². The lowest BCUT2D eigenvalue weighted by atomic mass is 10.3. The smallest absolute Gasteiger partial charge is 0.235 e. The van der Waals surface area contributed by atoms with Crippen LogP contribution in [-0.4, -0.2) is 18.2 Å². The van der Waals surface area contributed by atoms with Gasteiger partial charge in [0, 0.05) is 11.4 Å². The van der Waals surface area contributed by atoms with Crippen molar-refractivity contribution in [3.8, 4) is 11.5 Å². The predicted octanol–water partition coefficient (Wildman–Crippen LogP) is 2.57. The Balaban J connectivity index is 1.94. The van der Waals surface area contributed by atoms with Crippen LogP contribution in [0.2, 0.25) is 0 Å². The van der Waals surface area contributed by atoms with E-state index in [9.17, 15) is 4.79 Å². The first-order chi connectivity index (χ1) is 9.31. The molecule has 0 saturated heterocycles. The van der Waals surface area contributed by atoms with Gasteiger partial charge in [0.15, 0.2) is 0 Å². The van der Waals surface area contributed by atoms with Gasteiger partial charge in [-0.2, -0.15) is 4.99 Å². The number of carbonyl (C=O) groups excluding carboxylic acids is 1. The molecule has 0 unspecified atom stereocenters. The molecule has 0 atom stereocenters. The van der Waals surface area contributed by atoms with Gasteiger partial charge < -0.3 is 9.47 Å². The van der Waals surface area contributed by atoms with Gasteiger partial charge in [-0.3, -0.25) is 0 Å². The van der Waals surface area contributed by atoms with Crippen molar-refractivity contribution in [2.45, 2.75) is 13.2 Å². The highest BCUT2D eigenvalue weighted by atomic mass is 32.1.